The van der Waals surface area contributed by atoms with Crippen LogP contribution in [0.1, 0.15) is 0 Å². The van der Waals surface area contributed by atoms with Crippen LogP contribution in [0, 0.1) is 0 Å². The van der Waals surface area contributed by atoms with Crippen LogP contribution in [-0.4, -0.2) is 12.1 Å². The summed E-state index contributed by atoms with van der Waals surface area (Å²) in [7, 11) is 1.56. The van der Waals surface area contributed by atoms with Gasteiger partial charge in [0.05, 0.1) is 18.2 Å². The van der Waals surface area contributed by atoms with Crippen molar-refractivity contribution < 1.29 is 9.15 Å². The minimum Gasteiger partial charge on any atom is -0.495 e. The lowest BCUT2D eigenvalue weighted by Crippen LogP contribution is -2.06. The fourth-order valence-corrected chi connectivity index (χ4v) is 2.77. The molecule has 22 heavy (non-hydrogen) atoms. The summed E-state index contributed by atoms with van der Waals surface area (Å²) >= 11 is 0. The molecule has 0 bridgehead atoms. The third kappa shape index (κ3) is 1.81. The van der Waals surface area contributed by atoms with Crippen LogP contribution in [-0.2, 0) is 0 Å². The maximum absolute atomic E-state index is 12.4. The molecule has 1 N–H and O–H groups in total. The average Bonchev–Trinajstić information content (AvgIpc) is 2.96. The van der Waals surface area contributed by atoms with E-state index in [-0.39, 0.29) is 0 Å². The maximum atomic E-state index is 12.4. The summed E-state index contributed by atoms with van der Waals surface area (Å²) in [5.74, 6) is 0.526. The zero-order valence-corrected chi connectivity index (χ0v) is 11.9. The monoisotopic (exact) mass is 291 g/mol. The molecule has 0 aliphatic heterocycles. The molecule has 2 aromatic heterocycles. The Hall–Kier alpha value is -3.01. The van der Waals surface area contributed by atoms with E-state index in [1.54, 1.807) is 13.2 Å². The van der Waals surface area contributed by atoms with Gasteiger partial charge in [-0.25, -0.2) is 4.79 Å². The van der Waals surface area contributed by atoms with Crippen molar-refractivity contribution in [3.63, 3.8) is 0 Å². The number of ether oxygens (including phenoxy) is 1. The fraction of sp³-hybridized carbons (Fsp3) is 0.0556. The Kier molecular flexibility index (Phi) is 2.76. The van der Waals surface area contributed by atoms with Crippen molar-refractivity contribution in [2.24, 2.45) is 0 Å². The molecule has 0 saturated heterocycles. The first-order valence-corrected chi connectivity index (χ1v) is 6.96. The van der Waals surface area contributed by atoms with Crippen LogP contribution in [0.4, 0.5) is 0 Å². The molecule has 0 radical (unpaired) electrons. The first-order valence-electron chi connectivity index (χ1n) is 6.96. The number of para-hydroxylation sites is 2. The summed E-state index contributed by atoms with van der Waals surface area (Å²) in [6.07, 6.45) is 0. The van der Waals surface area contributed by atoms with Gasteiger partial charge in [-0.1, -0.05) is 30.3 Å². The van der Waals surface area contributed by atoms with E-state index in [0.29, 0.717) is 22.6 Å². The molecule has 0 amide bonds. The molecule has 2 aromatic carbocycles. The number of rotatable bonds is 2. The zero-order chi connectivity index (χ0) is 15.1. The molecule has 0 saturated carbocycles. The number of aromatic nitrogens is 1. The van der Waals surface area contributed by atoms with Crippen molar-refractivity contribution in [2.45, 2.75) is 0 Å². The van der Waals surface area contributed by atoms with Gasteiger partial charge in [-0.2, -0.15) is 0 Å². The van der Waals surface area contributed by atoms with Crippen LogP contribution in [0.2, 0.25) is 0 Å². The molecule has 0 fully saturated rings. The topological polar surface area (TPSA) is 55.2 Å². The number of H-pyrrole nitrogens is 1. The molecule has 4 heteroatoms. The van der Waals surface area contributed by atoms with Gasteiger partial charge in [-0.15, -0.1) is 0 Å². The van der Waals surface area contributed by atoms with E-state index in [9.17, 15) is 4.79 Å². The number of aromatic amines is 1. The van der Waals surface area contributed by atoms with E-state index in [2.05, 4.69) is 4.98 Å². The SMILES string of the molecule is COc1c(-c2cc3ccccc3[nH]2)c(=O)oc2ccccc12. The van der Waals surface area contributed by atoms with Crippen LogP contribution in [0.3, 0.4) is 0 Å². The van der Waals surface area contributed by atoms with E-state index >= 15 is 0 Å². The van der Waals surface area contributed by atoms with E-state index < -0.39 is 5.63 Å². The lowest BCUT2D eigenvalue weighted by molar-refractivity contribution is 0.415. The number of benzene rings is 2. The predicted molar refractivity (Wildman–Crippen MR) is 86.3 cm³/mol. The highest BCUT2D eigenvalue weighted by Gasteiger charge is 2.18. The number of fused-ring (bicyclic) bond motifs is 2. The van der Waals surface area contributed by atoms with Crippen LogP contribution in [0.5, 0.6) is 5.75 Å². The van der Waals surface area contributed by atoms with E-state index in [4.69, 9.17) is 9.15 Å². The fourth-order valence-electron chi connectivity index (χ4n) is 2.77. The Labute approximate surface area is 126 Å². The number of hydrogen-bond acceptors (Lipinski definition) is 3. The summed E-state index contributed by atoms with van der Waals surface area (Å²) in [4.78, 5) is 15.7. The molecule has 4 aromatic rings. The molecule has 108 valence electrons. The quantitative estimate of drug-likeness (QED) is 0.569. The highest BCUT2D eigenvalue weighted by Crippen LogP contribution is 2.34. The van der Waals surface area contributed by atoms with E-state index in [1.807, 2.05) is 48.5 Å². The highest BCUT2D eigenvalue weighted by molar-refractivity contribution is 5.93. The largest absolute Gasteiger partial charge is 0.495 e. The first kappa shape index (κ1) is 12.7. The van der Waals surface area contributed by atoms with Crippen molar-refractivity contribution in [3.05, 3.63) is 65.0 Å². The molecule has 0 spiro atoms. The third-order valence-electron chi connectivity index (χ3n) is 3.77. The molecular weight excluding hydrogens is 278 g/mol. The van der Waals surface area contributed by atoms with Gasteiger partial charge in [0.15, 0.2) is 0 Å². The first-order chi connectivity index (χ1) is 10.8. The van der Waals surface area contributed by atoms with Crippen molar-refractivity contribution in [1.29, 1.82) is 0 Å². The van der Waals surface area contributed by atoms with Crippen LogP contribution >= 0.6 is 0 Å². The minimum absolute atomic E-state index is 0.414. The summed E-state index contributed by atoms with van der Waals surface area (Å²) < 4.78 is 10.9. The van der Waals surface area contributed by atoms with E-state index in [1.165, 1.54) is 0 Å². The van der Waals surface area contributed by atoms with Gasteiger partial charge in [0, 0.05) is 10.9 Å². The van der Waals surface area contributed by atoms with Crippen molar-refractivity contribution in [1.82, 2.24) is 4.98 Å². The Morgan fingerprint density at radius 3 is 2.64 bits per heavy atom. The molecule has 0 unspecified atom stereocenters. The predicted octanol–water partition coefficient (Wildman–Crippen LogP) is 3.95. The van der Waals surface area contributed by atoms with Crippen molar-refractivity contribution in [2.75, 3.05) is 7.11 Å². The Bertz CT molecular complexity index is 1010. The smallest absolute Gasteiger partial charge is 0.349 e. The molecule has 4 nitrogen and oxygen atoms in total. The molecule has 0 atom stereocenters. The Balaban J connectivity index is 2.09. The zero-order valence-electron chi connectivity index (χ0n) is 11.9. The summed E-state index contributed by atoms with van der Waals surface area (Å²) in [6.45, 7) is 0. The lowest BCUT2D eigenvalue weighted by atomic mass is 10.1. The van der Waals surface area contributed by atoms with Crippen LogP contribution in [0.15, 0.2) is 63.8 Å². The molecular formula is C18H13NO3. The van der Waals surface area contributed by atoms with Gasteiger partial charge in [0.25, 0.3) is 0 Å². The molecule has 2 heterocycles. The summed E-state index contributed by atoms with van der Waals surface area (Å²) in [5, 5.41) is 1.81. The van der Waals surface area contributed by atoms with Gasteiger partial charge in [0.1, 0.15) is 16.9 Å². The third-order valence-corrected chi connectivity index (χ3v) is 3.77. The Morgan fingerprint density at radius 1 is 1.05 bits per heavy atom. The normalized spacial score (nSPS) is 11.1. The maximum Gasteiger partial charge on any atom is 0.349 e. The Morgan fingerprint density at radius 2 is 1.82 bits per heavy atom. The summed E-state index contributed by atoms with van der Waals surface area (Å²) in [5.41, 5.74) is 2.17. The standard InChI is InChI=1S/C18H13NO3/c1-21-17-12-7-3-5-9-15(12)22-18(20)16(17)14-10-11-6-2-4-8-13(11)19-14/h2-10,19H,1H3. The molecule has 0 aliphatic carbocycles. The van der Waals surface area contributed by atoms with Crippen LogP contribution in [0.25, 0.3) is 33.1 Å². The molecule has 0 aliphatic rings. The average molecular weight is 291 g/mol. The number of nitrogens with one attached hydrogen (secondary N) is 1. The van der Waals surface area contributed by atoms with Crippen LogP contribution < -0.4 is 10.4 Å². The van der Waals surface area contributed by atoms with Crippen molar-refractivity contribution >= 4 is 21.9 Å². The number of hydrogen-bond donors (Lipinski definition) is 1. The van der Waals surface area contributed by atoms with Gasteiger partial charge in [-0.3, -0.25) is 0 Å². The van der Waals surface area contributed by atoms with Gasteiger partial charge in [0.2, 0.25) is 0 Å². The lowest BCUT2D eigenvalue weighted by Gasteiger charge is -2.08. The van der Waals surface area contributed by atoms with E-state index in [0.717, 1.165) is 16.3 Å². The van der Waals surface area contributed by atoms with Gasteiger partial charge in [-0.05, 0) is 24.3 Å². The highest BCUT2D eigenvalue weighted by atomic mass is 16.5. The molecule has 4 rings (SSSR count). The number of methoxy groups -OCH3 is 1. The summed E-state index contributed by atoms with van der Waals surface area (Å²) in [6, 6.07) is 17.1. The van der Waals surface area contributed by atoms with Crippen molar-refractivity contribution in [3.8, 4) is 17.0 Å². The van der Waals surface area contributed by atoms with Gasteiger partial charge >= 0.3 is 5.63 Å². The van der Waals surface area contributed by atoms with Gasteiger partial charge < -0.3 is 14.1 Å². The second kappa shape index (κ2) is 4.77. The second-order valence-corrected chi connectivity index (χ2v) is 5.06. The minimum atomic E-state index is -0.415. The second-order valence-electron chi connectivity index (χ2n) is 5.06.